The number of piperidine rings is 1. The van der Waals surface area contributed by atoms with Crippen LogP contribution in [0, 0.1) is 18.2 Å². The van der Waals surface area contributed by atoms with Gasteiger partial charge in [0.15, 0.2) is 0 Å². The summed E-state index contributed by atoms with van der Waals surface area (Å²) in [4.78, 5) is 14.4. The summed E-state index contributed by atoms with van der Waals surface area (Å²) in [5.41, 5.74) is 1.02. The minimum absolute atomic E-state index is 0. The fourth-order valence-corrected chi connectivity index (χ4v) is 3.46. The first kappa shape index (κ1) is 16.2. The summed E-state index contributed by atoms with van der Waals surface area (Å²) >= 11 is 0. The minimum atomic E-state index is -0.372. The number of carbonyl (C=O) groups is 1. The largest absolute Gasteiger partial charge is 0.338 e. The van der Waals surface area contributed by atoms with Crippen LogP contribution in [-0.4, -0.2) is 37.0 Å². The Morgan fingerprint density at radius 3 is 2.71 bits per heavy atom. The van der Waals surface area contributed by atoms with Gasteiger partial charge < -0.3 is 10.2 Å². The second-order valence-electron chi connectivity index (χ2n) is 6.16. The predicted molar refractivity (Wildman–Crippen MR) is 83.4 cm³/mol. The average molecular weight is 313 g/mol. The van der Waals surface area contributed by atoms with E-state index in [9.17, 15) is 9.18 Å². The van der Waals surface area contributed by atoms with Crippen molar-refractivity contribution in [2.75, 3.05) is 26.2 Å². The molecular weight excluding hydrogens is 291 g/mol. The van der Waals surface area contributed by atoms with Gasteiger partial charge in [-0.1, -0.05) is 12.1 Å². The van der Waals surface area contributed by atoms with E-state index in [1.165, 1.54) is 0 Å². The van der Waals surface area contributed by atoms with Gasteiger partial charge in [0.25, 0.3) is 5.91 Å². The molecule has 1 N–H and O–H groups in total. The Morgan fingerprint density at radius 1 is 1.29 bits per heavy atom. The van der Waals surface area contributed by atoms with Crippen molar-refractivity contribution in [2.24, 2.45) is 5.41 Å². The van der Waals surface area contributed by atoms with Crippen LogP contribution in [0.1, 0.15) is 35.2 Å². The average Bonchev–Trinajstić information content (AvgIpc) is 2.86. The van der Waals surface area contributed by atoms with Gasteiger partial charge in [-0.15, -0.1) is 12.4 Å². The summed E-state index contributed by atoms with van der Waals surface area (Å²) < 4.78 is 14.1. The number of nitrogens with one attached hydrogen (secondary N) is 1. The summed E-state index contributed by atoms with van der Waals surface area (Å²) in [6.07, 6.45) is 3.29. The topological polar surface area (TPSA) is 32.3 Å². The molecule has 2 aliphatic heterocycles. The smallest absolute Gasteiger partial charge is 0.256 e. The molecule has 2 fully saturated rings. The van der Waals surface area contributed by atoms with Crippen LogP contribution in [0.25, 0.3) is 0 Å². The molecule has 0 aliphatic carbocycles. The Balaban J connectivity index is 0.00000161. The van der Waals surface area contributed by atoms with E-state index in [0.29, 0.717) is 5.56 Å². The lowest BCUT2D eigenvalue weighted by atomic mass is 9.78. The summed E-state index contributed by atoms with van der Waals surface area (Å²) in [6.45, 7) is 5.29. The maximum atomic E-state index is 14.1. The van der Waals surface area contributed by atoms with E-state index in [0.717, 1.165) is 45.4 Å². The molecule has 2 saturated heterocycles. The minimum Gasteiger partial charge on any atom is -0.338 e. The monoisotopic (exact) mass is 312 g/mol. The first-order chi connectivity index (χ1) is 9.61. The Kier molecular flexibility index (Phi) is 4.89. The van der Waals surface area contributed by atoms with E-state index in [4.69, 9.17) is 0 Å². The van der Waals surface area contributed by atoms with Gasteiger partial charge >= 0.3 is 0 Å². The first-order valence-electron chi connectivity index (χ1n) is 7.36. The quantitative estimate of drug-likeness (QED) is 0.865. The van der Waals surface area contributed by atoms with E-state index in [1.807, 2.05) is 4.90 Å². The maximum Gasteiger partial charge on any atom is 0.256 e. The number of benzene rings is 1. The molecule has 1 aromatic carbocycles. The molecule has 116 valence electrons. The van der Waals surface area contributed by atoms with Crippen LogP contribution in [0.15, 0.2) is 18.2 Å². The number of likely N-dealkylation sites (tertiary alicyclic amines) is 1. The summed E-state index contributed by atoms with van der Waals surface area (Å²) in [7, 11) is 0. The van der Waals surface area contributed by atoms with Crippen molar-refractivity contribution in [1.82, 2.24) is 10.2 Å². The third-order valence-electron chi connectivity index (χ3n) is 4.81. The van der Waals surface area contributed by atoms with Gasteiger partial charge in [-0.2, -0.15) is 0 Å². The zero-order valence-corrected chi connectivity index (χ0v) is 13.1. The second-order valence-corrected chi connectivity index (χ2v) is 6.16. The van der Waals surface area contributed by atoms with Crippen molar-refractivity contribution < 1.29 is 9.18 Å². The highest BCUT2D eigenvalue weighted by atomic mass is 35.5. The Morgan fingerprint density at radius 2 is 2.00 bits per heavy atom. The van der Waals surface area contributed by atoms with Crippen LogP contribution >= 0.6 is 12.4 Å². The first-order valence-corrected chi connectivity index (χ1v) is 7.36. The zero-order chi connectivity index (χ0) is 14.2. The van der Waals surface area contributed by atoms with Gasteiger partial charge in [-0.25, -0.2) is 4.39 Å². The van der Waals surface area contributed by atoms with Crippen molar-refractivity contribution in [1.29, 1.82) is 0 Å². The van der Waals surface area contributed by atoms with E-state index < -0.39 is 0 Å². The van der Waals surface area contributed by atoms with Crippen molar-refractivity contribution in [3.8, 4) is 0 Å². The standard InChI is InChI=1S/C16H21FN2O.ClH/c1-12-3-2-4-13(14(12)17)15(20)19-10-7-16(11-19)5-8-18-9-6-16;/h2-4,18H,5-11H2,1H3;1H. The third kappa shape index (κ3) is 3.06. The third-order valence-corrected chi connectivity index (χ3v) is 4.81. The molecule has 1 spiro atoms. The molecule has 2 aliphatic rings. The highest BCUT2D eigenvalue weighted by Gasteiger charge is 2.41. The Labute approximate surface area is 131 Å². The SMILES string of the molecule is Cc1cccc(C(=O)N2CCC3(CCNCC3)C2)c1F.Cl. The van der Waals surface area contributed by atoms with Gasteiger partial charge in [0, 0.05) is 13.1 Å². The van der Waals surface area contributed by atoms with Crippen molar-refractivity contribution >= 4 is 18.3 Å². The predicted octanol–water partition coefficient (Wildman–Crippen LogP) is 2.77. The number of hydrogen-bond donors (Lipinski definition) is 1. The molecule has 5 heteroatoms. The lowest BCUT2D eigenvalue weighted by molar-refractivity contribution is 0.0757. The molecule has 0 unspecified atom stereocenters. The number of carbonyl (C=O) groups excluding carboxylic acids is 1. The molecule has 3 rings (SSSR count). The number of halogens is 2. The molecule has 0 aromatic heterocycles. The molecule has 0 saturated carbocycles. The fourth-order valence-electron chi connectivity index (χ4n) is 3.46. The molecule has 3 nitrogen and oxygen atoms in total. The van der Waals surface area contributed by atoms with Gasteiger partial charge in [-0.05, 0) is 56.3 Å². The molecule has 1 aromatic rings. The van der Waals surface area contributed by atoms with Crippen LogP contribution < -0.4 is 5.32 Å². The summed E-state index contributed by atoms with van der Waals surface area (Å²) in [5.74, 6) is -0.523. The van der Waals surface area contributed by atoms with Crippen LogP contribution in [0.2, 0.25) is 0 Å². The van der Waals surface area contributed by atoms with Gasteiger partial charge in [0.2, 0.25) is 0 Å². The normalized spacial score (nSPS) is 20.4. The highest BCUT2D eigenvalue weighted by Crippen LogP contribution is 2.39. The van der Waals surface area contributed by atoms with Crippen LogP contribution in [0.3, 0.4) is 0 Å². The van der Waals surface area contributed by atoms with Crippen molar-refractivity contribution in [3.63, 3.8) is 0 Å². The van der Waals surface area contributed by atoms with Gasteiger partial charge in [-0.3, -0.25) is 4.79 Å². The molecule has 1 amide bonds. The molecule has 2 heterocycles. The van der Waals surface area contributed by atoms with Gasteiger partial charge in [0.1, 0.15) is 5.82 Å². The molecule has 21 heavy (non-hydrogen) atoms. The number of aryl methyl sites for hydroxylation is 1. The fraction of sp³-hybridized carbons (Fsp3) is 0.562. The molecule has 0 radical (unpaired) electrons. The van der Waals surface area contributed by atoms with E-state index in [2.05, 4.69) is 5.32 Å². The Bertz CT molecular complexity index is 529. The molecule has 0 bridgehead atoms. The molecule has 0 atom stereocenters. The number of amides is 1. The van der Waals surface area contributed by atoms with E-state index in [1.54, 1.807) is 25.1 Å². The zero-order valence-electron chi connectivity index (χ0n) is 12.3. The maximum absolute atomic E-state index is 14.1. The van der Waals surface area contributed by atoms with Crippen LogP contribution in [0.5, 0.6) is 0 Å². The number of hydrogen-bond acceptors (Lipinski definition) is 2. The van der Waals surface area contributed by atoms with E-state index >= 15 is 0 Å². The molecular formula is C16H22ClFN2O. The summed E-state index contributed by atoms with van der Waals surface area (Å²) in [5, 5.41) is 3.36. The van der Waals surface area contributed by atoms with E-state index in [-0.39, 0.29) is 35.1 Å². The number of rotatable bonds is 1. The second kappa shape index (κ2) is 6.32. The van der Waals surface area contributed by atoms with Crippen LogP contribution in [0.4, 0.5) is 4.39 Å². The Hall–Kier alpha value is -1.13. The number of nitrogens with zero attached hydrogens (tertiary/aromatic N) is 1. The van der Waals surface area contributed by atoms with Crippen molar-refractivity contribution in [3.05, 3.63) is 35.1 Å². The lowest BCUT2D eigenvalue weighted by Gasteiger charge is -2.33. The highest BCUT2D eigenvalue weighted by molar-refractivity contribution is 5.95. The van der Waals surface area contributed by atoms with Gasteiger partial charge in [0.05, 0.1) is 5.56 Å². The summed E-state index contributed by atoms with van der Waals surface area (Å²) in [6, 6.07) is 5.05. The van der Waals surface area contributed by atoms with Crippen molar-refractivity contribution in [2.45, 2.75) is 26.2 Å². The lowest BCUT2D eigenvalue weighted by Crippen LogP contribution is -2.39. The van der Waals surface area contributed by atoms with Crippen LogP contribution in [-0.2, 0) is 0 Å².